The van der Waals surface area contributed by atoms with E-state index in [-0.39, 0.29) is 11.7 Å². The highest BCUT2D eigenvalue weighted by molar-refractivity contribution is 7.89. The zero-order valence-corrected chi connectivity index (χ0v) is 16.0. The number of anilines is 1. The lowest BCUT2D eigenvalue weighted by Crippen LogP contribution is -2.36. The highest BCUT2D eigenvalue weighted by Crippen LogP contribution is 2.25. The molecule has 0 spiro atoms. The predicted octanol–water partition coefficient (Wildman–Crippen LogP) is 3.21. The van der Waals surface area contributed by atoms with Crippen molar-refractivity contribution in [3.05, 3.63) is 64.7 Å². The summed E-state index contributed by atoms with van der Waals surface area (Å²) in [7, 11) is -3.20. The van der Waals surface area contributed by atoms with Crippen molar-refractivity contribution in [1.82, 2.24) is 4.31 Å². The summed E-state index contributed by atoms with van der Waals surface area (Å²) in [5, 5.41) is 2.91. The van der Waals surface area contributed by atoms with Gasteiger partial charge in [-0.1, -0.05) is 25.1 Å². The van der Waals surface area contributed by atoms with Gasteiger partial charge in [-0.15, -0.1) is 0 Å². The minimum Gasteiger partial charge on any atom is -0.322 e. The van der Waals surface area contributed by atoms with Gasteiger partial charge in [-0.3, -0.25) is 4.79 Å². The monoisotopic (exact) mass is 372 g/mol. The van der Waals surface area contributed by atoms with E-state index in [1.807, 2.05) is 42.5 Å². The zero-order valence-electron chi connectivity index (χ0n) is 15.2. The van der Waals surface area contributed by atoms with Crippen molar-refractivity contribution >= 4 is 21.6 Å². The van der Waals surface area contributed by atoms with E-state index in [1.165, 1.54) is 9.87 Å². The third kappa shape index (κ3) is 3.97. The number of nitrogens with zero attached hydrogens (tertiary/aromatic N) is 1. The first-order valence-corrected chi connectivity index (χ1v) is 10.5. The predicted molar refractivity (Wildman–Crippen MR) is 104 cm³/mol. The summed E-state index contributed by atoms with van der Waals surface area (Å²) in [6.07, 6.45) is 1.63. The molecular weight excluding hydrogens is 348 g/mol. The van der Waals surface area contributed by atoms with Crippen LogP contribution in [0.2, 0.25) is 0 Å². The quantitative estimate of drug-likeness (QED) is 0.876. The van der Waals surface area contributed by atoms with Gasteiger partial charge in [0, 0.05) is 24.3 Å². The van der Waals surface area contributed by atoms with Crippen molar-refractivity contribution in [1.29, 1.82) is 0 Å². The number of rotatable bonds is 5. The first-order valence-electron chi connectivity index (χ1n) is 8.93. The second-order valence-electron chi connectivity index (χ2n) is 6.47. The molecule has 1 heterocycles. The average Bonchev–Trinajstić information content (AvgIpc) is 2.67. The Hall–Kier alpha value is -2.18. The molecule has 0 unspecified atom stereocenters. The molecule has 26 heavy (non-hydrogen) atoms. The molecule has 0 atom stereocenters. The maximum Gasteiger partial charge on any atom is 0.255 e. The fourth-order valence-corrected chi connectivity index (χ4v) is 4.19. The maximum atomic E-state index is 12.4. The molecule has 6 heteroatoms. The van der Waals surface area contributed by atoms with Gasteiger partial charge < -0.3 is 5.32 Å². The van der Waals surface area contributed by atoms with Gasteiger partial charge in [-0.2, -0.15) is 4.31 Å². The van der Waals surface area contributed by atoms with Crippen LogP contribution in [0.1, 0.15) is 40.9 Å². The summed E-state index contributed by atoms with van der Waals surface area (Å²) in [5.41, 5.74) is 4.57. The Labute approximate surface area is 155 Å². The number of carbonyl (C=O) groups excluding carboxylic acids is 1. The first-order chi connectivity index (χ1) is 12.4. The number of hydrogen-bond donors (Lipinski definition) is 1. The molecule has 0 saturated heterocycles. The number of nitrogens with one attached hydrogen (secondary N) is 1. The number of sulfonamides is 1. The molecule has 1 N–H and O–H groups in total. The van der Waals surface area contributed by atoms with Crippen molar-refractivity contribution in [2.75, 3.05) is 17.6 Å². The summed E-state index contributed by atoms with van der Waals surface area (Å²) >= 11 is 0. The lowest BCUT2D eigenvalue weighted by molar-refractivity contribution is 0.102. The summed E-state index contributed by atoms with van der Waals surface area (Å²) in [5.74, 6) is -0.0616. The van der Waals surface area contributed by atoms with Crippen LogP contribution >= 0.6 is 0 Å². The highest BCUT2D eigenvalue weighted by Gasteiger charge is 2.25. The standard InChI is InChI=1S/C20H24N2O3S/c1-3-15-5-7-17(8-6-15)20(23)21-19-10-9-16-11-12-22(14-18(16)13-19)26(24,25)4-2/h5-10,13H,3-4,11-12,14H2,1-2H3,(H,21,23). The van der Waals surface area contributed by atoms with Crippen molar-refractivity contribution in [2.45, 2.75) is 33.2 Å². The fraction of sp³-hybridized carbons (Fsp3) is 0.350. The molecule has 0 radical (unpaired) electrons. The largest absolute Gasteiger partial charge is 0.322 e. The van der Waals surface area contributed by atoms with Crippen LogP contribution in [0.3, 0.4) is 0 Å². The van der Waals surface area contributed by atoms with Crippen LogP contribution in [0.15, 0.2) is 42.5 Å². The van der Waals surface area contributed by atoms with Gasteiger partial charge in [0.15, 0.2) is 0 Å². The van der Waals surface area contributed by atoms with Crippen molar-refractivity contribution in [2.24, 2.45) is 0 Å². The minimum absolute atomic E-state index is 0.104. The van der Waals surface area contributed by atoms with Gasteiger partial charge in [0.25, 0.3) is 5.91 Å². The van der Waals surface area contributed by atoms with Crippen LogP contribution in [0.25, 0.3) is 0 Å². The molecule has 0 fully saturated rings. The molecule has 2 aromatic carbocycles. The third-order valence-corrected chi connectivity index (χ3v) is 6.65. The van der Waals surface area contributed by atoms with E-state index >= 15 is 0 Å². The van der Waals surface area contributed by atoms with Crippen molar-refractivity contribution in [3.63, 3.8) is 0 Å². The second kappa shape index (κ2) is 7.60. The lowest BCUT2D eigenvalue weighted by Gasteiger charge is -2.28. The highest BCUT2D eigenvalue weighted by atomic mass is 32.2. The maximum absolute atomic E-state index is 12.4. The van der Waals surface area contributed by atoms with Gasteiger partial charge in [0.05, 0.1) is 5.75 Å². The molecule has 5 nitrogen and oxygen atoms in total. The van der Waals surface area contributed by atoms with Gasteiger partial charge in [-0.25, -0.2) is 8.42 Å². The zero-order chi connectivity index (χ0) is 18.7. The van der Waals surface area contributed by atoms with Crippen LogP contribution < -0.4 is 5.32 Å². The van der Waals surface area contributed by atoms with Crippen LogP contribution in [-0.4, -0.2) is 30.9 Å². The number of hydrogen-bond acceptors (Lipinski definition) is 3. The first kappa shape index (κ1) is 18.6. The van der Waals surface area contributed by atoms with E-state index in [0.717, 1.165) is 17.5 Å². The Balaban J connectivity index is 1.76. The molecule has 0 bridgehead atoms. The Morgan fingerprint density at radius 2 is 1.81 bits per heavy atom. The molecule has 2 aromatic rings. The van der Waals surface area contributed by atoms with Gasteiger partial charge in [-0.05, 0) is 60.7 Å². The fourth-order valence-electron chi connectivity index (χ4n) is 3.12. The Morgan fingerprint density at radius 3 is 2.46 bits per heavy atom. The smallest absolute Gasteiger partial charge is 0.255 e. The molecule has 0 aromatic heterocycles. The topological polar surface area (TPSA) is 66.5 Å². The summed E-state index contributed by atoms with van der Waals surface area (Å²) in [4.78, 5) is 12.4. The second-order valence-corrected chi connectivity index (χ2v) is 8.73. The molecule has 1 aliphatic heterocycles. The number of amides is 1. The van der Waals surface area contributed by atoms with E-state index in [1.54, 1.807) is 6.92 Å². The molecule has 1 amide bonds. The Morgan fingerprint density at radius 1 is 1.08 bits per heavy atom. The van der Waals surface area contributed by atoms with Crippen LogP contribution in [0.4, 0.5) is 5.69 Å². The van der Waals surface area contributed by atoms with Crippen molar-refractivity contribution in [3.8, 4) is 0 Å². The average molecular weight is 372 g/mol. The minimum atomic E-state index is -3.20. The van der Waals surface area contributed by atoms with Gasteiger partial charge >= 0.3 is 0 Å². The van der Waals surface area contributed by atoms with Crippen molar-refractivity contribution < 1.29 is 13.2 Å². The van der Waals surface area contributed by atoms with E-state index < -0.39 is 10.0 Å². The molecule has 0 saturated carbocycles. The Kier molecular flexibility index (Phi) is 5.44. The van der Waals surface area contributed by atoms with Crippen LogP contribution in [0.5, 0.6) is 0 Å². The van der Waals surface area contributed by atoms with E-state index in [4.69, 9.17) is 0 Å². The summed E-state index contributed by atoms with van der Waals surface area (Å²) < 4.78 is 25.8. The molecular formula is C20H24N2O3S. The molecule has 0 aliphatic carbocycles. The number of benzene rings is 2. The Bertz CT molecular complexity index is 905. The van der Waals surface area contributed by atoms with Gasteiger partial charge in [0.1, 0.15) is 0 Å². The third-order valence-electron chi connectivity index (χ3n) is 4.82. The van der Waals surface area contributed by atoms with Crippen LogP contribution in [-0.2, 0) is 29.4 Å². The number of fused-ring (bicyclic) bond motifs is 1. The summed E-state index contributed by atoms with van der Waals surface area (Å²) in [6, 6.07) is 13.3. The normalized spacial score (nSPS) is 14.7. The molecule has 3 rings (SSSR count). The number of carbonyl (C=O) groups is 1. The molecule has 138 valence electrons. The van der Waals surface area contributed by atoms with Crippen LogP contribution in [0, 0.1) is 0 Å². The van der Waals surface area contributed by atoms with E-state index in [0.29, 0.717) is 30.8 Å². The SMILES string of the molecule is CCc1ccc(C(=O)Nc2ccc3c(c2)CN(S(=O)(=O)CC)CC3)cc1. The van der Waals surface area contributed by atoms with Gasteiger partial charge in [0.2, 0.25) is 10.0 Å². The number of aryl methyl sites for hydroxylation is 1. The van der Waals surface area contributed by atoms with E-state index in [2.05, 4.69) is 12.2 Å². The van der Waals surface area contributed by atoms with E-state index in [9.17, 15) is 13.2 Å². The molecule has 1 aliphatic rings. The summed E-state index contributed by atoms with van der Waals surface area (Å²) in [6.45, 7) is 4.61. The lowest BCUT2D eigenvalue weighted by atomic mass is 10.0.